The van der Waals surface area contributed by atoms with Gasteiger partial charge >= 0.3 is 12.1 Å². The highest BCUT2D eigenvalue weighted by Crippen LogP contribution is 2.19. The van der Waals surface area contributed by atoms with Crippen molar-refractivity contribution in [1.29, 1.82) is 0 Å². The third-order valence-corrected chi connectivity index (χ3v) is 4.74. The Bertz CT molecular complexity index is 618. The Morgan fingerprint density at radius 3 is 2.45 bits per heavy atom. The molecule has 1 aliphatic rings. The van der Waals surface area contributed by atoms with Crippen LogP contribution >= 0.6 is 11.8 Å². The number of alkyl carbamates (subject to hydrolysis) is 1. The van der Waals surface area contributed by atoms with Crippen LogP contribution in [0.1, 0.15) is 47.5 Å². The number of amides is 2. The number of hydrogen-bond donors (Lipinski definition) is 2. The summed E-state index contributed by atoms with van der Waals surface area (Å²) in [5.41, 5.74) is -0.0773. The summed E-state index contributed by atoms with van der Waals surface area (Å²) in [6, 6.07) is -1.18. The SMILES string of the molecule is COC(=O)[C@H](CCSC)NC(=O)[C@H]1CC([C@@H](NC(=O)OC(C)(C)C)C(C)C)=NO1. The largest absolute Gasteiger partial charge is 0.467 e. The van der Waals surface area contributed by atoms with Crippen molar-refractivity contribution >= 4 is 35.4 Å². The van der Waals surface area contributed by atoms with Crippen molar-refractivity contribution in [2.45, 2.75) is 71.2 Å². The Labute approximate surface area is 176 Å². The molecule has 0 spiro atoms. The number of hydrogen-bond acceptors (Lipinski definition) is 8. The number of rotatable bonds is 9. The lowest BCUT2D eigenvalue weighted by Crippen LogP contribution is -2.48. The van der Waals surface area contributed by atoms with Gasteiger partial charge in [-0.15, -0.1) is 0 Å². The van der Waals surface area contributed by atoms with Gasteiger partial charge in [0.05, 0.1) is 18.9 Å². The Morgan fingerprint density at radius 1 is 1.28 bits per heavy atom. The Balaban J connectivity index is 2.71. The fourth-order valence-electron chi connectivity index (χ4n) is 2.68. The van der Waals surface area contributed by atoms with E-state index in [-0.39, 0.29) is 12.3 Å². The van der Waals surface area contributed by atoms with Crippen molar-refractivity contribution in [2.75, 3.05) is 19.1 Å². The summed E-state index contributed by atoms with van der Waals surface area (Å²) in [5.74, 6) is -0.239. The standard InChI is InChI=1S/C19H33N3O6S/c1-11(2)15(21-18(25)27-19(3,4)5)13-10-14(28-22-13)16(23)20-12(8-9-29-7)17(24)26-6/h11-12,14-15H,8-10H2,1-7H3,(H,20,23)(H,21,25)/t12-,14+,15-/m0/s1. The zero-order valence-electron chi connectivity index (χ0n) is 18.2. The molecule has 1 heterocycles. The predicted molar refractivity (Wildman–Crippen MR) is 112 cm³/mol. The molecule has 0 unspecified atom stereocenters. The molecule has 0 aromatic heterocycles. The van der Waals surface area contributed by atoms with Crippen molar-refractivity contribution < 1.29 is 28.7 Å². The molecule has 2 N–H and O–H groups in total. The van der Waals surface area contributed by atoms with Gasteiger partial charge in [-0.1, -0.05) is 19.0 Å². The third kappa shape index (κ3) is 8.51. The lowest BCUT2D eigenvalue weighted by Gasteiger charge is -2.25. The molecular weight excluding hydrogens is 398 g/mol. The monoisotopic (exact) mass is 431 g/mol. The van der Waals surface area contributed by atoms with Crippen molar-refractivity contribution in [3.05, 3.63) is 0 Å². The van der Waals surface area contributed by atoms with E-state index in [1.807, 2.05) is 20.1 Å². The van der Waals surface area contributed by atoms with Crippen molar-refractivity contribution in [1.82, 2.24) is 10.6 Å². The number of esters is 1. The second-order valence-electron chi connectivity index (χ2n) is 8.11. The quantitative estimate of drug-likeness (QED) is 0.537. The first-order valence-electron chi connectivity index (χ1n) is 9.57. The molecule has 3 atom stereocenters. The number of carbonyl (C=O) groups excluding carboxylic acids is 3. The van der Waals surface area contributed by atoms with Gasteiger partial charge in [-0.05, 0) is 45.1 Å². The summed E-state index contributed by atoms with van der Waals surface area (Å²) in [7, 11) is 1.28. The molecule has 9 nitrogen and oxygen atoms in total. The van der Waals surface area contributed by atoms with Crippen LogP contribution in [0.15, 0.2) is 5.16 Å². The molecular formula is C19H33N3O6S. The van der Waals surface area contributed by atoms with Crippen molar-refractivity contribution in [2.24, 2.45) is 11.1 Å². The highest BCUT2D eigenvalue weighted by molar-refractivity contribution is 7.98. The molecule has 0 fully saturated rings. The summed E-state index contributed by atoms with van der Waals surface area (Å²) in [6.45, 7) is 9.19. The molecule has 0 aromatic rings. The lowest BCUT2D eigenvalue weighted by atomic mass is 9.95. The van der Waals surface area contributed by atoms with E-state index in [2.05, 4.69) is 15.8 Å². The summed E-state index contributed by atoms with van der Waals surface area (Å²) >= 11 is 1.57. The number of nitrogens with one attached hydrogen (secondary N) is 2. The first-order valence-corrected chi connectivity index (χ1v) is 11.0. The van der Waals surface area contributed by atoms with E-state index in [0.29, 0.717) is 17.9 Å². The number of methoxy groups -OCH3 is 1. The summed E-state index contributed by atoms with van der Waals surface area (Å²) < 4.78 is 10.1. The van der Waals surface area contributed by atoms with Crippen LogP contribution in [-0.2, 0) is 23.9 Å². The molecule has 0 saturated heterocycles. The average Bonchev–Trinajstić information content (AvgIpc) is 3.10. The number of carbonyl (C=O) groups is 3. The number of oxime groups is 1. The molecule has 0 aliphatic carbocycles. The maximum Gasteiger partial charge on any atom is 0.408 e. The van der Waals surface area contributed by atoms with Crippen LogP contribution in [0, 0.1) is 5.92 Å². The Hall–Kier alpha value is -1.97. The van der Waals surface area contributed by atoms with Gasteiger partial charge in [-0.2, -0.15) is 11.8 Å². The topological polar surface area (TPSA) is 115 Å². The minimum Gasteiger partial charge on any atom is -0.467 e. The predicted octanol–water partition coefficient (Wildman–Crippen LogP) is 2.09. The zero-order chi connectivity index (χ0) is 22.2. The molecule has 0 radical (unpaired) electrons. The molecule has 0 saturated carbocycles. The van der Waals surface area contributed by atoms with Gasteiger partial charge in [0.25, 0.3) is 5.91 Å². The molecule has 2 amide bonds. The Kier molecular flexibility index (Phi) is 9.75. The van der Waals surface area contributed by atoms with Crippen LogP contribution in [0.4, 0.5) is 4.79 Å². The van der Waals surface area contributed by atoms with E-state index in [0.717, 1.165) is 0 Å². The van der Waals surface area contributed by atoms with Crippen LogP contribution in [0.3, 0.4) is 0 Å². The number of ether oxygens (including phenoxy) is 2. The van der Waals surface area contributed by atoms with E-state index in [1.54, 1.807) is 32.5 Å². The highest BCUT2D eigenvalue weighted by atomic mass is 32.2. The summed E-state index contributed by atoms with van der Waals surface area (Å²) in [6.07, 6.45) is 1.15. The van der Waals surface area contributed by atoms with E-state index < -0.39 is 41.8 Å². The van der Waals surface area contributed by atoms with Crippen molar-refractivity contribution in [3.63, 3.8) is 0 Å². The molecule has 0 aromatic carbocycles. The van der Waals surface area contributed by atoms with Gasteiger partial charge in [0.2, 0.25) is 6.10 Å². The van der Waals surface area contributed by atoms with Gasteiger partial charge in [-0.3, -0.25) is 4.79 Å². The molecule has 166 valence electrons. The summed E-state index contributed by atoms with van der Waals surface area (Å²) in [4.78, 5) is 41.9. The number of nitrogens with zero attached hydrogens (tertiary/aromatic N) is 1. The van der Waals surface area contributed by atoms with E-state index in [4.69, 9.17) is 14.3 Å². The second kappa shape index (κ2) is 11.3. The molecule has 1 aliphatic heterocycles. The van der Waals surface area contributed by atoms with E-state index in [1.165, 1.54) is 7.11 Å². The van der Waals surface area contributed by atoms with Crippen LogP contribution in [0.25, 0.3) is 0 Å². The van der Waals surface area contributed by atoms with Crippen LogP contribution < -0.4 is 10.6 Å². The average molecular weight is 432 g/mol. The minimum atomic E-state index is -0.867. The maximum absolute atomic E-state index is 12.6. The van der Waals surface area contributed by atoms with Gasteiger partial charge in [0.15, 0.2) is 0 Å². The minimum absolute atomic E-state index is 0.0103. The van der Waals surface area contributed by atoms with Gasteiger partial charge in [0, 0.05) is 6.42 Å². The van der Waals surface area contributed by atoms with Gasteiger partial charge in [0.1, 0.15) is 11.6 Å². The van der Waals surface area contributed by atoms with Crippen LogP contribution in [0.2, 0.25) is 0 Å². The smallest absolute Gasteiger partial charge is 0.408 e. The highest BCUT2D eigenvalue weighted by Gasteiger charge is 2.36. The molecule has 29 heavy (non-hydrogen) atoms. The number of thioether (sulfide) groups is 1. The van der Waals surface area contributed by atoms with Gasteiger partial charge in [-0.25, -0.2) is 9.59 Å². The lowest BCUT2D eigenvalue weighted by molar-refractivity contribution is -0.146. The fourth-order valence-corrected chi connectivity index (χ4v) is 3.15. The zero-order valence-corrected chi connectivity index (χ0v) is 19.1. The first-order chi connectivity index (χ1) is 13.5. The van der Waals surface area contributed by atoms with Crippen LogP contribution in [0.5, 0.6) is 0 Å². The van der Waals surface area contributed by atoms with E-state index in [9.17, 15) is 14.4 Å². The van der Waals surface area contributed by atoms with Crippen LogP contribution in [-0.4, -0.2) is 66.6 Å². The molecule has 1 rings (SSSR count). The second-order valence-corrected chi connectivity index (χ2v) is 9.10. The third-order valence-electron chi connectivity index (χ3n) is 4.09. The molecule has 0 bridgehead atoms. The fraction of sp³-hybridized carbons (Fsp3) is 0.789. The molecule has 10 heteroatoms. The normalized spacial score (nSPS) is 18.3. The first kappa shape index (κ1) is 25.1. The summed E-state index contributed by atoms with van der Waals surface area (Å²) in [5, 5.41) is 9.47. The van der Waals surface area contributed by atoms with E-state index >= 15 is 0 Å². The Morgan fingerprint density at radius 2 is 1.93 bits per heavy atom. The van der Waals surface area contributed by atoms with Crippen molar-refractivity contribution in [3.8, 4) is 0 Å². The maximum atomic E-state index is 12.6. The van der Waals surface area contributed by atoms with Gasteiger partial charge < -0.3 is 24.9 Å².